The van der Waals surface area contributed by atoms with E-state index in [4.69, 9.17) is 37.0 Å². The van der Waals surface area contributed by atoms with Gasteiger partial charge in [0.25, 0.3) is 0 Å². The van der Waals surface area contributed by atoms with Crippen molar-refractivity contribution in [3.05, 3.63) is 0 Å². The fourth-order valence-electron chi connectivity index (χ4n) is 11.9. The first-order valence-corrected chi connectivity index (χ1v) is 43.4. The van der Waals surface area contributed by atoms with Crippen LogP contribution < -0.4 is 0 Å². The Bertz CT molecular complexity index is 1890. The van der Waals surface area contributed by atoms with Gasteiger partial charge in [-0.3, -0.25) is 37.3 Å². The molecular formula is C78H152O17P2. The first-order chi connectivity index (χ1) is 46.8. The topological polar surface area (TPSA) is 237 Å². The Morgan fingerprint density at radius 2 is 0.526 bits per heavy atom. The van der Waals surface area contributed by atoms with E-state index in [0.29, 0.717) is 25.7 Å². The molecule has 0 aromatic heterocycles. The number of aliphatic hydroxyl groups is 1. The van der Waals surface area contributed by atoms with Gasteiger partial charge in [-0.25, -0.2) is 9.13 Å². The largest absolute Gasteiger partial charge is 0.472 e. The van der Waals surface area contributed by atoms with Gasteiger partial charge in [-0.2, -0.15) is 0 Å². The Kier molecular flexibility index (Phi) is 67.1. The van der Waals surface area contributed by atoms with Crippen LogP contribution in [0.3, 0.4) is 0 Å². The minimum absolute atomic E-state index is 0.104. The molecule has 0 rings (SSSR count). The Labute approximate surface area is 594 Å². The summed E-state index contributed by atoms with van der Waals surface area (Å²) in [7, 11) is -9.92. The molecule has 19 heteroatoms. The molecule has 0 heterocycles. The van der Waals surface area contributed by atoms with E-state index in [-0.39, 0.29) is 25.7 Å². The molecule has 0 spiro atoms. The van der Waals surface area contributed by atoms with E-state index >= 15 is 0 Å². The highest BCUT2D eigenvalue weighted by Crippen LogP contribution is 2.45. The lowest BCUT2D eigenvalue weighted by molar-refractivity contribution is -0.161. The van der Waals surface area contributed by atoms with E-state index < -0.39 is 97.5 Å². The van der Waals surface area contributed by atoms with E-state index in [0.717, 1.165) is 114 Å². The molecule has 0 aromatic rings. The van der Waals surface area contributed by atoms with Crippen LogP contribution in [0.1, 0.15) is 402 Å². The van der Waals surface area contributed by atoms with Crippen molar-refractivity contribution in [3.63, 3.8) is 0 Å². The second-order valence-electron chi connectivity index (χ2n) is 29.1. The van der Waals surface area contributed by atoms with Crippen LogP contribution in [-0.2, 0) is 65.4 Å². The average molecular weight is 1420 g/mol. The molecule has 7 atom stereocenters. The Morgan fingerprint density at radius 1 is 0.299 bits per heavy atom. The quantitative estimate of drug-likeness (QED) is 0.0222. The molecule has 97 heavy (non-hydrogen) atoms. The summed E-state index contributed by atoms with van der Waals surface area (Å²) in [5, 5.41) is 10.6. The van der Waals surface area contributed by atoms with Gasteiger partial charge in [-0.15, -0.1) is 0 Å². The van der Waals surface area contributed by atoms with Crippen molar-refractivity contribution in [1.29, 1.82) is 0 Å². The molecule has 0 aromatic carbocycles. The van der Waals surface area contributed by atoms with Crippen molar-refractivity contribution < 1.29 is 80.2 Å². The maximum atomic E-state index is 13.1. The molecule has 0 radical (unpaired) electrons. The van der Waals surface area contributed by atoms with Crippen molar-refractivity contribution >= 4 is 39.5 Å². The number of carbonyl (C=O) groups is 4. The summed E-state index contributed by atoms with van der Waals surface area (Å²) in [6.45, 7) is 11.9. The summed E-state index contributed by atoms with van der Waals surface area (Å²) >= 11 is 0. The predicted octanol–water partition coefficient (Wildman–Crippen LogP) is 23.0. The number of unbranched alkanes of at least 4 members (excludes halogenated alkanes) is 42. The third kappa shape index (κ3) is 69.5. The van der Waals surface area contributed by atoms with E-state index in [1.54, 1.807) is 0 Å². The van der Waals surface area contributed by atoms with Crippen LogP contribution in [-0.4, -0.2) is 96.7 Å². The highest BCUT2D eigenvalue weighted by Gasteiger charge is 2.30. The summed E-state index contributed by atoms with van der Waals surface area (Å²) < 4.78 is 68.6. The molecule has 17 nitrogen and oxygen atoms in total. The number of hydrogen-bond donors (Lipinski definition) is 3. The number of hydrogen-bond acceptors (Lipinski definition) is 15. The predicted molar refractivity (Wildman–Crippen MR) is 395 cm³/mol. The fraction of sp³-hybridized carbons (Fsp3) is 0.949. The monoisotopic (exact) mass is 1420 g/mol. The molecule has 0 aliphatic rings. The number of carbonyl (C=O) groups excluding carboxylic acids is 4. The summed E-state index contributed by atoms with van der Waals surface area (Å²) in [6, 6.07) is 0. The minimum Gasteiger partial charge on any atom is -0.462 e. The molecule has 4 unspecified atom stereocenters. The van der Waals surface area contributed by atoms with E-state index in [2.05, 4.69) is 48.5 Å². The first-order valence-electron chi connectivity index (χ1n) is 40.4. The number of rotatable bonds is 76. The van der Waals surface area contributed by atoms with Crippen molar-refractivity contribution in [2.24, 2.45) is 17.8 Å². The van der Waals surface area contributed by atoms with Crippen LogP contribution in [0.5, 0.6) is 0 Å². The third-order valence-corrected chi connectivity index (χ3v) is 20.8. The Morgan fingerprint density at radius 3 is 0.784 bits per heavy atom. The van der Waals surface area contributed by atoms with Crippen LogP contribution in [0.4, 0.5) is 0 Å². The van der Waals surface area contributed by atoms with Gasteiger partial charge in [-0.1, -0.05) is 350 Å². The lowest BCUT2D eigenvalue weighted by atomic mass is 9.99. The average Bonchev–Trinajstić information content (AvgIpc) is 1.19. The second-order valence-corrected chi connectivity index (χ2v) is 32.0. The Balaban J connectivity index is 5.25. The third-order valence-electron chi connectivity index (χ3n) is 18.9. The van der Waals surface area contributed by atoms with Gasteiger partial charge < -0.3 is 33.8 Å². The molecule has 0 saturated heterocycles. The molecule has 3 N–H and O–H groups in total. The maximum Gasteiger partial charge on any atom is 0.472 e. The fourth-order valence-corrected chi connectivity index (χ4v) is 13.5. The molecule has 0 amide bonds. The highest BCUT2D eigenvalue weighted by molar-refractivity contribution is 7.47. The summed E-state index contributed by atoms with van der Waals surface area (Å²) in [6.07, 6.45) is 55.5. The van der Waals surface area contributed by atoms with E-state index in [9.17, 15) is 43.2 Å². The van der Waals surface area contributed by atoms with Crippen LogP contribution in [0, 0.1) is 17.8 Å². The van der Waals surface area contributed by atoms with Crippen molar-refractivity contribution in [2.45, 2.75) is 420 Å². The van der Waals surface area contributed by atoms with Gasteiger partial charge >= 0.3 is 39.5 Å². The maximum absolute atomic E-state index is 13.1. The molecule has 0 bridgehead atoms. The number of ether oxygens (including phenoxy) is 4. The van der Waals surface area contributed by atoms with Gasteiger partial charge in [0.05, 0.1) is 26.4 Å². The van der Waals surface area contributed by atoms with Crippen LogP contribution in [0.15, 0.2) is 0 Å². The standard InChI is InChI=1S/C78H152O17P2/c1-8-11-12-13-14-15-16-17-18-19-22-25-28-31-37-45-52-59-75(80)88-65-73(94-77(82)61-54-47-38-32-29-26-23-20-21-24-27-30-35-42-49-56-69(4)5)67-92-96(84,85)90-63-72(79)64-91-97(86,87)93-68-74(66-89-76(81)60-53-46-41-40-44-51-58-71(7)10-3)95-78(83)62-55-48-39-34-33-36-43-50-57-70(6)9-2/h69-74,79H,8-68H2,1-7H3,(H,84,85)(H,86,87)/t70?,71?,72-,73-,74-/m1/s1. The van der Waals surface area contributed by atoms with Crippen LogP contribution >= 0.6 is 15.6 Å². The minimum atomic E-state index is -4.96. The van der Waals surface area contributed by atoms with E-state index in [1.807, 2.05) is 0 Å². The lowest BCUT2D eigenvalue weighted by Crippen LogP contribution is -2.30. The zero-order valence-electron chi connectivity index (χ0n) is 63.5. The number of esters is 4. The molecule has 0 aliphatic heterocycles. The summed E-state index contributed by atoms with van der Waals surface area (Å²) in [5.74, 6) is 0.186. The van der Waals surface area contributed by atoms with Crippen molar-refractivity contribution in [2.75, 3.05) is 39.6 Å². The second kappa shape index (κ2) is 68.5. The molecular weight excluding hydrogens is 1270 g/mol. The van der Waals surface area contributed by atoms with Gasteiger partial charge in [0.15, 0.2) is 12.2 Å². The van der Waals surface area contributed by atoms with Crippen LogP contribution in [0.2, 0.25) is 0 Å². The summed E-state index contributed by atoms with van der Waals surface area (Å²) in [4.78, 5) is 72.9. The lowest BCUT2D eigenvalue weighted by Gasteiger charge is -2.21. The van der Waals surface area contributed by atoms with Gasteiger partial charge in [0, 0.05) is 25.7 Å². The number of aliphatic hydroxyl groups excluding tert-OH is 1. The molecule has 0 aliphatic carbocycles. The first kappa shape index (κ1) is 95.1. The number of phosphoric acid groups is 2. The summed E-state index contributed by atoms with van der Waals surface area (Å²) in [5.41, 5.74) is 0. The Hall–Kier alpha value is -1.94. The van der Waals surface area contributed by atoms with Crippen molar-refractivity contribution in [1.82, 2.24) is 0 Å². The number of phosphoric ester groups is 2. The van der Waals surface area contributed by atoms with Gasteiger partial charge in [0.2, 0.25) is 0 Å². The molecule has 0 fully saturated rings. The molecule has 576 valence electrons. The smallest absolute Gasteiger partial charge is 0.462 e. The highest BCUT2D eigenvalue weighted by atomic mass is 31.2. The van der Waals surface area contributed by atoms with Gasteiger partial charge in [-0.05, 0) is 43.4 Å². The van der Waals surface area contributed by atoms with Gasteiger partial charge in [0.1, 0.15) is 19.3 Å². The van der Waals surface area contributed by atoms with Crippen LogP contribution in [0.25, 0.3) is 0 Å². The normalized spacial score (nSPS) is 14.6. The van der Waals surface area contributed by atoms with Crippen molar-refractivity contribution in [3.8, 4) is 0 Å². The zero-order chi connectivity index (χ0) is 71.6. The SMILES string of the molecule is CCCCCCCCCCCCCCCCCCCC(=O)OC[C@H](COP(=O)(O)OC[C@@H](O)COP(=O)(O)OC[C@@H](COC(=O)CCCCCCCCC(C)CC)OC(=O)CCCCCCCCCCC(C)CC)OC(=O)CCCCCCCCCCCCCCCCCC(C)C. The van der Waals surface area contributed by atoms with E-state index in [1.165, 1.54) is 205 Å². The zero-order valence-corrected chi connectivity index (χ0v) is 65.3. The molecule has 0 saturated carbocycles.